The molecule has 1 saturated carbocycles. The molecule has 0 bridgehead atoms. The van der Waals surface area contributed by atoms with E-state index >= 15 is 0 Å². The Balaban J connectivity index is 1.55. The van der Waals surface area contributed by atoms with Crippen LogP contribution < -0.4 is 5.32 Å². The average Bonchev–Trinajstić information content (AvgIpc) is 2.88. The lowest BCUT2D eigenvalue weighted by atomic mass is 9.75. The minimum absolute atomic E-state index is 0.0581. The van der Waals surface area contributed by atoms with Crippen LogP contribution in [0.1, 0.15) is 42.2 Å². The molecule has 1 aliphatic rings. The summed E-state index contributed by atoms with van der Waals surface area (Å²) in [6, 6.07) is 12.3. The third-order valence-electron chi connectivity index (χ3n) is 3.94. The zero-order valence-corrected chi connectivity index (χ0v) is 11.8. The maximum absolute atomic E-state index is 13.7. The summed E-state index contributed by atoms with van der Waals surface area (Å²) >= 11 is 1.78. The third kappa shape index (κ3) is 2.72. The van der Waals surface area contributed by atoms with E-state index in [0.717, 1.165) is 18.4 Å². The first kappa shape index (κ1) is 12.8. The van der Waals surface area contributed by atoms with E-state index in [0.29, 0.717) is 18.0 Å². The molecule has 0 unspecified atom stereocenters. The molecule has 0 amide bonds. The Morgan fingerprint density at radius 3 is 2.68 bits per heavy atom. The molecule has 1 N–H and O–H groups in total. The maximum Gasteiger partial charge on any atom is 0.126 e. The van der Waals surface area contributed by atoms with Gasteiger partial charge >= 0.3 is 0 Å². The second kappa shape index (κ2) is 5.43. The van der Waals surface area contributed by atoms with Crippen LogP contribution in [0.4, 0.5) is 4.39 Å². The van der Waals surface area contributed by atoms with Gasteiger partial charge in [-0.1, -0.05) is 24.3 Å². The zero-order chi connectivity index (χ0) is 13.2. The second-order valence-corrected chi connectivity index (χ2v) is 6.27. The molecule has 3 heteroatoms. The van der Waals surface area contributed by atoms with Gasteiger partial charge in [-0.2, -0.15) is 0 Å². The number of hydrogen-bond acceptors (Lipinski definition) is 2. The molecular formula is C16H18FNS. The summed E-state index contributed by atoms with van der Waals surface area (Å²) in [5.41, 5.74) is 0.879. The molecular weight excluding hydrogens is 257 g/mol. The summed E-state index contributed by atoms with van der Waals surface area (Å²) < 4.78 is 13.7. The van der Waals surface area contributed by atoms with Gasteiger partial charge < -0.3 is 5.32 Å². The van der Waals surface area contributed by atoms with Crippen LogP contribution in [0, 0.1) is 5.82 Å². The van der Waals surface area contributed by atoms with Crippen molar-refractivity contribution in [2.45, 2.75) is 37.8 Å². The van der Waals surface area contributed by atoms with Gasteiger partial charge in [-0.05, 0) is 48.8 Å². The number of halogens is 1. The van der Waals surface area contributed by atoms with Crippen molar-refractivity contribution >= 4 is 11.3 Å². The highest BCUT2D eigenvalue weighted by atomic mass is 32.1. The van der Waals surface area contributed by atoms with Crippen LogP contribution in [-0.4, -0.2) is 6.04 Å². The molecule has 100 valence electrons. The van der Waals surface area contributed by atoms with Gasteiger partial charge in [0.1, 0.15) is 5.82 Å². The fourth-order valence-electron chi connectivity index (χ4n) is 2.79. The molecule has 1 heterocycles. The highest BCUT2D eigenvalue weighted by Gasteiger charge is 2.32. The molecule has 19 heavy (non-hydrogen) atoms. The Morgan fingerprint density at radius 1 is 1.21 bits per heavy atom. The molecule has 1 atom stereocenters. The Bertz CT molecular complexity index is 531. The van der Waals surface area contributed by atoms with E-state index in [2.05, 4.69) is 29.8 Å². The topological polar surface area (TPSA) is 12.0 Å². The largest absolute Gasteiger partial charge is 0.307 e. The Hall–Kier alpha value is -1.19. The van der Waals surface area contributed by atoms with E-state index in [1.807, 2.05) is 12.1 Å². The second-order valence-electron chi connectivity index (χ2n) is 5.29. The van der Waals surface area contributed by atoms with Crippen LogP contribution in [0.3, 0.4) is 0 Å². The van der Waals surface area contributed by atoms with E-state index in [-0.39, 0.29) is 5.82 Å². The predicted molar refractivity (Wildman–Crippen MR) is 78.0 cm³/mol. The third-order valence-corrected chi connectivity index (χ3v) is 4.99. The lowest BCUT2D eigenvalue weighted by Crippen LogP contribution is -2.41. The van der Waals surface area contributed by atoms with Crippen molar-refractivity contribution in [1.82, 2.24) is 5.32 Å². The smallest absolute Gasteiger partial charge is 0.126 e. The molecule has 3 rings (SSSR count). The summed E-state index contributed by atoms with van der Waals surface area (Å²) in [7, 11) is 0. The fourth-order valence-corrected chi connectivity index (χ4v) is 3.53. The summed E-state index contributed by atoms with van der Waals surface area (Å²) in [4.78, 5) is 1.37. The van der Waals surface area contributed by atoms with Crippen LogP contribution in [0.5, 0.6) is 0 Å². The lowest BCUT2D eigenvalue weighted by Gasteiger charge is -2.38. The molecule has 1 fully saturated rings. The van der Waals surface area contributed by atoms with E-state index < -0.39 is 0 Å². The molecule has 0 saturated heterocycles. The highest BCUT2D eigenvalue weighted by molar-refractivity contribution is 7.10. The Morgan fingerprint density at radius 2 is 2.00 bits per heavy atom. The van der Waals surface area contributed by atoms with Gasteiger partial charge in [0.15, 0.2) is 0 Å². The van der Waals surface area contributed by atoms with Gasteiger partial charge in [-0.3, -0.25) is 0 Å². The van der Waals surface area contributed by atoms with E-state index in [1.165, 1.54) is 4.88 Å². The molecule has 1 aromatic heterocycles. The zero-order valence-electron chi connectivity index (χ0n) is 11.0. The van der Waals surface area contributed by atoms with Crippen LogP contribution in [0.25, 0.3) is 0 Å². The minimum Gasteiger partial charge on any atom is -0.307 e. The fraction of sp³-hybridized carbons (Fsp3) is 0.375. The van der Waals surface area contributed by atoms with Crippen molar-refractivity contribution in [3.8, 4) is 0 Å². The average molecular weight is 275 g/mol. The van der Waals surface area contributed by atoms with Gasteiger partial charge in [0, 0.05) is 17.0 Å². The van der Waals surface area contributed by atoms with Crippen molar-refractivity contribution in [2.75, 3.05) is 0 Å². The van der Waals surface area contributed by atoms with Gasteiger partial charge in [0.2, 0.25) is 0 Å². The maximum atomic E-state index is 13.7. The normalized spacial score (nSPS) is 23.9. The molecule has 1 aliphatic carbocycles. The van der Waals surface area contributed by atoms with Crippen molar-refractivity contribution in [2.24, 2.45) is 0 Å². The summed E-state index contributed by atoms with van der Waals surface area (Å²) in [6.45, 7) is 2.20. The molecule has 1 aromatic carbocycles. The van der Waals surface area contributed by atoms with E-state index in [9.17, 15) is 4.39 Å². The molecule has 0 spiro atoms. The van der Waals surface area contributed by atoms with Gasteiger partial charge in [0.05, 0.1) is 0 Å². The monoisotopic (exact) mass is 275 g/mol. The lowest BCUT2D eigenvalue weighted by molar-refractivity contribution is 0.267. The first-order chi connectivity index (χ1) is 9.24. The number of thiophene rings is 1. The van der Waals surface area contributed by atoms with Crippen molar-refractivity contribution < 1.29 is 4.39 Å². The van der Waals surface area contributed by atoms with E-state index in [4.69, 9.17) is 0 Å². The number of nitrogens with one attached hydrogen (secondary N) is 1. The minimum atomic E-state index is -0.0581. The first-order valence-corrected chi connectivity index (χ1v) is 7.66. The first-order valence-electron chi connectivity index (χ1n) is 6.78. The summed E-state index contributed by atoms with van der Waals surface area (Å²) in [6.07, 6.45) is 2.08. The van der Waals surface area contributed by atoms with Crippen LogP contribution in [-0.2, 0) is 0 Å². The predicted octanol–water partition coefficient (Wildman–Crippen LogP) is 4.48. The molecule has 1 nitrogen and oxygen atoms in total. The molecule has 2 aromatic rings. The number of benzene rings is 1. The standard InChI is InChI=1S/C16H18FNS/c1-11(16-7-4-8-19-16)18-13-9-12(10-13)14-5-2-3-6-15(14)17/h2-8,11-13,18H,9-10H2,1H3/t11-,12?,13?/m1/s1. The van der Waals surface area contributed by atoms with Gasteiger partial charge in [0.25, 0.3) is 0 Å². The Kier molecular flexibility index (Phi) is 3.67. The number of hydrogen-bond donors (Lipinski definition) is 1. The van der Waals surface area contributed by atoms with Crippen LogP contribution in [0.15, 0.2) is 41.8 Å². The van der Waals surface area contributed by atoms with Crippen molar-refractivity contribution in [1.29, 1.82) is 0 Å². The van der Waals surface area contributed by atoms with E-state index in [1.54, 1.807) is 23.5 Å². The SMILES string of the molecule is C[C@@H](NC1CC(c2ccccc2F)C1)c1cccs1. The van der Waals surface area contributed by atoms with Crippen LogP contribution in [0.2, 0.25) is 0 Å². The highest BCUT2D eigenvalue weighted by Crippen LogP contribution is 2.39. The van der Waals surface area contributed by atoms with Crippen molar-refractivity contribution in [3.05, 3.63) is 58.0 Å². The quantitative estimate of drug-likeness (QED) is 0.867. The summed E-state index contributed by atoms with van der Waals surface area (Å²) in [5, 5.41) is 5.73. The van der Waals surface area contributed by atoms with Crippen molar-refractivity contribution in [3.63, 3.8) is 0 Å². The molecule has 0 radical (unpaired) electrons. The van der Waals surface area contributed by atoms with Gasteiger partial charge in [-0.15, -0.1) is 11.3 Å². The van der Waals surface area contributed by atoms with Gasteiger partial charge in [-0.25, -0.2) is 4.39 Å². The Labute approximate surface area is 117 Å². The summed E-state index contributed by atoms with van der Waals surface area (Å²) in [5.74, 6) is 0.325. The molecule has 0 aliphatic heterocycles. The number of rotatable bonds is 4. The van der Waals surface area contributed by atoms with Crippen LogP contribution >= 0.6 is 11.3 Å².